The minimum absolute atomic E-state index is 0.243. The van der Waals surface area contributed by atoms with Crippen molar-refractivity contribution in [1.29, 1.82) is 0 Å². The molecule has 3 heteroatoms. The zero-order valence-electron chi connectivity index (χ0n) is 12.2. The van der Waals surface area contributed by atoms with Crippen LogP contribution in [0.15, 0.2) is 6.07 Å². The molecule has 1 aromatic rings. The van der Waals surface area contributed by atoms with Gasteiger partial charge in [0.15, 0.2) is 0 Å². The van der Waals surface area contributed by atoms with Gasteiger partial charge >= 0.3 is 0 Å². The van der Waals surface area contributed by atoms with E-state index in [2.05, 4.69) is 43.6 Å². The monoisotopic (exact) mass is 250 g/mol. The van der Waals surface area contributed by atoms with Crippen LogP contribution in [0.1, 0.15) is 43.6 Å². The van der Waals surface area contributed by atoms with Crippen LogP contribution < -0.4 is 5.32 Å². The van der Waals surface area contributed by atoms with Crippen LogP contribution in [0.4, 0.5) is 0 Å². The highest BCUT2D eigenvalue weighted by atomic mass is 16.5. The third kappa shape index (κ3) is 2.78. The van der Waals surface area contributed by atoms with Gasteiger partial charge in [0.1, 0.15) is 0 Å². The second-order valence-electron chi connectivity index (χ2n) is 5.67. The van der Waals surface area contributed by atoms with Crippen LogP contribution >= 0.6 is 0 Å². The minimum atomic E-state index is 0.243. The Morgan fingerprint density at radius 3 is 2.56 bits per heavy atom. The van der Waals surface area contributed by atoms with Gasteiger partial charge in [0.25, 0.3) is 0 Å². The number of nitrogens with one attached hydrogen (secondary N) is 1. The molecule has 0 atom stereocenters. The Morgan fingerprint density at radius 2 is 2.00 bits per heavy atom. The molecule has 1 saturated heterocycles. The normalized spacial score (nSPS) is 19.1. The predicted octanol–water partition coefficient (Wildman–Crippen LogP) is 2.78. The van der Waals surface area contributed by atoms with Gasteiger partial charge in [-0.15, -0.1) is 0 Å². The standard InChI is InChI=1S/C15H26N2O/c1-5-17-12(2)10-14(13(17)3)11-16-15(4)6-8-18-9-7-15/h10,16H,5-9,11H2,1-4H3. The number of ether oxygens (including phenoxy) is 1. The lowest BCUT2D eigenvalue weighted by Gasteiger charge is -2.34. The van der Waals surface area contributed by atoms with Crippen molar-refractivity contribution in [3.05, 3.63) is 23.0 Å². The first kappa shape index (κ1) is 13.6. The molecule has 0 saturated carbocycles. The van der Waals surface area contributed by atoms with Gasteiger partial charge in [0, 0.05) is 43.2 Å². The van der Waals surface area contributed by atoms with Crippen molar-refractivity contribution in [2.75, 3.05) is 13.2 Å². The van der Waals surface area contributed by atoms with Gasteiger partial charge in [-0.25, -0.2) is 0 Å². The highest BCUT2D eigenvalue weighted by Gasteiger charge is 2.26. The van der Waals surface area contributed by atoms with Crippen molar-refractivity contribution in [3.8, 4) is 0 Å². The smallest absolute Gasteiger partial charge is 0.0483 e. The largest absolute Gasteiger partial charge is 0.381 e. The topological polar surface area (TPSA) is 26.2 Å². The molecule has 102 valence electrons. The van der Waals surface area contributed by atoms with Gasteiger partial charge in [-0.2, -0.15) is 0 Å². The minimum Gasteiger partial charge on any atom is -0.381 e. The van der Waals surface area contributed by atoms with E-state index in [1.54, 1.807) is 0 Å². The zero-order valence-corrected chi connectivity index (χ0v) is 12.2. The van der Waals surface area contributed by atoms with Crippen LogP contribution in [0.2, 0.25) is 0 Å². The fraction of sp³-hybridized carbons (Fsp3) is 0.733. The molecule has 0 radical (unpaired) electrons. The van der Waals surface area contributed by atoms with Gasteiger partial charge in [-0.05, 0) is 52.2 Å². The Bertz CT molecular complexity index is 403. The summed E-state index contributed by atoms with van der Waals surface area (Å²) in [7, 11) is 0. The second-order valence-corrected chi connectivity index (χ2v) is 5.67. The van der Waals surface area contributed by atoms with E-state index in [1.807, 2.05) is 0 Å². The van der Waals surface area contributed by atoms with E-state index in [1.165, 1.54) is 17.0 Å². The molecule has 3 nitrogen and oxygen atoms in total. The molecule has 2 rings (SSSR count). The molecule has 18 heavy (non-hydrogen) atoms. The molecule has 0 bridgehead atoms. The number of hydrogen-bond donors (Lipinski definition) is 1. The average molecular weight is 250 g/mol. The summed E-state index contributed by atoms with van der Waals surface area (Å²) in [6.07, 6.45) is 2.22. The molecule has 0 unspecified atom stereocenters. The van der Waals surface area contributed by atoms with Crippen LogP contribution in [0.5, 0.6) is 0 Å². The van der Waals surface area contributed by atoms with Gasteiger partial charge in [-0.3, -0.25) is 0 Å². The summed E-state index contributed by atoms with van der Waals surface area (Å²) in [5.74, 6) is 0. The lowest BCUT2D eigenvalue weighted by molar-refractivity contribution is 0.0446. The summed E-state index contributed by atoms with van der Waals surface area (Å²) in [5, 5.41) is 3.73. The average Bonchev–Trinajstić information content (AvgIpc) is 2.62. The Hall–Kier alpha value is -0.800. The molecule has 0 aromatic carbocycles. The van der Waals surface area contributed by atoms with Crippen LogP contribution in [-0.4, -0.2) is 23.3 Å². The van der Waals surface area contributed by atoms with Crippen molar-refractivity contribution < 1.29 is 4.74 Å². The molecule has 1 aliphatic rings. The van der Waals surface area contributed by atoms with Crippen molar-refractivity contribution in [2.24, 2.45) is 0 Å². The van der Waals surface area contributed by atoms with Gasteiger partial charge < -0.3 is 14.6 Å². The van der Waals surface area contributed by atoms with Crippen molar-refractivity contribution in [3.63, 3.8) is 0 Å². The van der Waals surface area contributed by atoms with Crippen molar-refractivity contribution in [2.45, 2.75) is 59.2 Å². The SMILES string of the molecule is CCn1c(C)cc(CNC2(C)CCOCC2)c1C. The van der Waals surface area contributed by atoms with E-state index in [-0.39, 0.29) is 5.54 Å². The summed E-state index contributed by atoms with van der Waals surface area (Å²) in [5.41, 5.74) is 4.44. The van der Waals surface area contributed by atoms with E-state index in [0.717, 1.165) is 39.1 Å². The summed E-state index contributed by atoms with van der Waals surface area (Å²) >= 11 is 0. The highest BCUT2D eigenvalue weighted by molar-refractivity contribution is 5.26. The van der Waals surface area contributed by atoms with Crippen molar-refractivity contribution in [1.82, 2.24) is 9.88 Å². The van der Waals surface area contributed by atoms with E-state index in [0.29, 0.717) is 0 Å². The highest BCUT2D eigenvalue weighted by Crippen LogP contribution is 2.22. The number of aromatic nitrogens is 1. The molecule has 0 amide bonds. The Balaban J connectivity index is 2.01. The molecule has 1 aliphatic heterocycles. The van der Waals surface area contributed by atoms with Gasteiger partial charge in [-0.1, -0.05) is 0 Å². The van der Waals surface area contributed by atoms with Crippen LogP contribution in [0.25, 0.3) is 0 Å². The maximum Gasteiger partial charge on any atom is 0.0483 e. The number of nitrogens with zero attached hydrogens (tertiary/aromatic N) is 1. The van der Waals surface area contributed by atoms with Gasteiger partial charge in [0.05, 0.1) is 0 Å². The first-order valence-corrected chi connectivity index (χ1v) is 7.04. The summed E-state index contributed by atoms with van der Waals surface area (Å²) in [6.45, 7) is 12.7. The van der Waals surface area contributed by atoms with Crippen LogP contribution in [0, 0.1) is 13.8 Å². The number of aryl methyl sites for hydroxylation is 1. The van der Waals surface area contributed by atoms with E-state index in [4.69, 9.17) is 4.74 Å². The molecule has 0 aliphatic carbocycles. The number of rotatable bonds is 4. The quantitative estimate of drug-likeness (QED) is 0.889. The lowest BCUT2D eigenvalue weighted by atomic mass is 9.92. The first-order chi connectivity index (χ1) is 8.56. The van der Waals surface area contributed by atoms with E-state index >= 15 is 0 Å². The summed E-state index contributed by atoms with van der Waals surface area (Å²) in [6, 6.07) is 2.31. The Morgan fingerprint density at radius 1 is 1.33 bits per heavy atom. The summed E-state index contributed by atoms with van der Waals surface area (Å²) in [4.78, 5) is 0. The third-order valence-corrected chi connectivity index (χ3v) is 4.30. The molecule has 1 fully saturated rings. The molecule has 0 spiro atoms. The molecule has 2 heterocycles. The molecular formula is C15H26N2O. The lowest BCUT2D eigenvalue weighted by Crippen LogP contribution is -2.46. The fourth-order valence-corrected chi connectivity index (χ4v) is 2.85. The maximum absolute atomic E-state index is 5.44. The molecular weight excluding hydrogens is 224 g/mol. The van der Waals surface area contributed by atoms with E-state index < -0.39 is 0 Å². The van der Waals surface area contributed by atoms with E-state index in [9.17, 15) is 0 Å². The Kier molecular flexibility index (Phi) is 4.13. The summed E-state index contributed by atoms with van der Waals surface area (Å²) < 4.78 is 7.82. The first-order valence-electron chi connectivity index (χ1n) is 7.04. The fourth-order valence-electron chi connectivity index (χ4n) is 2.85. The molecule has 1 aromatic heterocycles. The maximum atomic E-state index is 5.44. The third-order valence-electron chi connectivity index (χ3n) is 4.30. The van der Waals surface area contributed by atoms with Gasteiger partial charge in [0.2, 0.25) is 0 Å². The zero-order chi connectivity index (χ0) is 13.2. The van der Waals surface area contributed by atoms with Crippen LogP contribution in [-0.2, 0) is 17.8 Å². The van der Waals surface area contributed by atoms with Crippen molar-refractivity contribution >= 4 is 0 Å². The molecule has 1 N–H and O–H groups in total. The number of hydrogen-bond acceptors (Lipinski definition) is 2. The second kappa shape index (κ2) is 5.45. The Labute approximate surface area is 111 Å². The van der Waals surface area contributed by atoms with Crippen LogP contribution in [0.3, 0.4) is 0 Å². The predicted molar refractivity (Wildman–Crippen MR) is 74.9 cm³/mol.